The van der Waals surface area contributed by atoms with E-state index >= 15 is 0 Å². The second-order valence-corrected chi connectivity index (χ2v) is 6.95. The molecule has 1 saturated carbocycles. The van der Waals surface area contributed by atoms with Gasteiger partial charge in [0.15, 0.2) is 0 Å². The van der Waals surface area contributed by atoms with E-state index in [9.17, 15) is 14.9 Å². The number of hydrogen-bond acceptors (Lipinski definition) is 5. The molecule has 1 aliphatic carbocycles. The molecule has 0 aromatic rings. The summed E-state index contributed by atoms with van der Waals surface area (Å²) >= 11 is 0. The molecule has 0 aromatic carbocycles. The Balaban J connectivity index is 2.75. The molecule has 0 N–H and O–H groups in total. The van der Waals surface area contributed by atoms with Gasteiger partial charge in [-0.3, -0.25) is 9.59 Å². The lowest BCUT2D eigenvalue weighted by molar-refractivity contribution is -0.164. The van der Waals surface area contributed by atoms with E-state index in [0.29, 0.717) is 6.42 Å². The Morgan fingerprint density at radius 1 is 1.32 bits per heavy atom. The van der Waals surface area contributed by atoms with Crippen molar-refractivity contribution in [2.75, 3.05) is 6.61 Å². The van der Waals surface area contributed by atoms with E-state index in [2.05, 4.69) is 6.07 Å². The molecule has 1 rings (SSSR count). The Kier molecular flexibility index (Phi) is 6.40. The van der Waals surface area contributed by atoms with Crippen LogP contribution < -0.4 is 0 Å². The van der Waals surface area contributed by atoms with Gasteiger partial charge in [-0.2, -0.15) is 5.26 Å². The highest BCUT2D eigenvalue weighted by atomic mass is 16.6. The summed E-state index contributed by atoms with van der Waals surface area (Å²) in [5.41, 5.74) is -0.576. The summed E-state index contributed by atoms with van der Waals surface area (Å²) in [5.74, 6) is -0.959. The zero-order valence-corrected chi connectivity index (χ0v) is 14.2. The monoisotopic (exact) mass is 309 g/mol. The van der Waals surface area contributed by atoms with Gasteiger partial charge in [-0.15, -0.1) is 0 Å². The SMILES string of the molecule is CC(=O)OC1CCCC(C#N)C1COC(=O)C(C)(C)C(C)C. The topological polar surface area (TPSA) is 76.4 Å². The van der Waals surface area contributed by atoms with Crippen molar-refractivity contribution in [1.82, 2.24) is 0 Å². The highest BCUT2D eigenvalue weighted by Crippen LogP contribution is 2.34. The zero-order valence-electron chi connectivity index (χ0n) is 14.2. The summed E-state index contributed by atoms with van der Waals surface area (Å²) in [6.45, 7) is 9.15. The number of nitriles is 1. The van der Waals surface area contributed by atoms with Gasteiger partial charge in [-0.05, 0) is 39.0 Å². The molecule has 0 bridgehead atoms. The first-order valence-corrected chi connectivity index (χ1v) is 7.94. The van der Waals surface area contributed by atoms with Gasteiger partial charge in [-0.25, -0.2) is 0 Å². The molecule has 0 amide bonds. The molecule has 0 aromatic heterocycles. The third kappa shape index (κ3) is 4.46. The fraction of sp³-hybridized carbons (Fsp3) is 0.824. The molecule has 0 saturated heterocycles. The van der Waals surface area contributed by atoms with E-state index in [4.69, 9.17) is 9.47 Å². The zero-order chi connectivity index (χ0) is 16.9. The van der Waals surface area contributed by atoms with E-state index in [1.165, 1.54) is 6.92 Å². The Bertz CT molecular complexity index is 450. The maximum atomic E-state index is 12.3. The Morgan fingerprint density at radius 3 is 2.45 bits per heavy atom. The van der Waals surface area contributed by atoms with E-state index in [1.807, 2.05) is 27.7 Å². The van der Waals surface area contributed by atoms with E-state index < -0.39 is 5.41 Å². The van der Waals surface area contributed by atoms with Crippen molar-refractivity contribution in [1.29, 1.82) is 5.26 Å². The first kappa shape index (κ1) is 18.5. The summed E-state index contributed by atoms with van der Waals surface area (Å²) < 4.78 is 10.8. The van der Waals surface area contributed by atoms with Crippen molar-refractivity contribution >= 4 is 11.9 Å². The van der Waals surface area contributed by atoms with Gasteiger partial charge in [0.1, 0.15) is 6.10 Å². The fourth-order valence-corrected chi connectivity index (χ4v) is 2.56. The minimum absolute atomic E-state index is 0.130. The minimum atomic E-state index is -0.576. The van der Waals surface area contributed by atoms with Crippen LogP contribution in [0.3, 0.4) is 0 Å². The van der Waals surface area contributed by atoms with Crippen LogP contribution in [-0.4, -0.2) is 24.6 Å². The number of hydrogen-bond donors (Lipinski definition) is 0. The van der Waals surface area contributed by atoms with Crippen LogP contribution in [0.2, 0.25) is 0 Å². The predicted molar refractivity (Wildman–Crippen MR) is 81.6 cm³/mol. The third-order valence-electron chi connectivity index (χ3n) is 4.86. The molecule has 0 spiro atoms. The number of carbonyl (C=O) groups excluding carboxylic acids is 2. The molecule has 124 valence electrons. The van der Waals surface area contributed by atoms with Crippen LogP contribution in [0.25, 0.3) is 0 Å². The first-order chi connectivity index (χ1) is 10.2. The number of ether oxygens (including phenoxy) is 2. The van der Waals surface area contributed by atoms with Crippen molar-refractivity contribution in [2.24, 2.45) is 23.2 Å². The first-order valence-electron chi connectivity index (χ1n) is 7.94. The Labute approximate surface area is 133 Å². The molecule has 0 radical (unpaired) electrons. The van der Waals surface area contributed by atoms with Crippen molar-refractivity contribution < 1.29 is 19.1 Å². The lowest BCUT2D eigenvalue weighted by Gasteiger charge is -2.35. The maximum absolute atomic E-state index is 12.3. The second-order valence-electron chi connectivity index (χ2n) is 6.95. The summed E-state index contributed by atoms with van der Waals surface area (Å²) in [6.07, 6.45) is 1.97. The van der Waals surface area contributed by atoms with Gasteiger partial charge < -0.3 is 9.47 Å². The van der Waals surface area contributed by atoms with E-state index in [0.717, 1.165) is 12.8 Å². The molecule has 22 heavy (non-hydrogen) atoms. The molecule has 1 aliphatic rings. The molecule has 0 aliphatic heterocycles. The van der Waals surface area contributed by atoms with Crippen molar-refractivity contribution in [3.05, 3.63) is 0 Å². The second kappa shape index (κ2) is 7.62. The lowest BCUT2D eigenvalue weighted by Crippen LogP contribution is -2.40. The molecule has 3 atom stereocenters. The molecule has 0 heterocycles. The van der Waals surface area contributed by atoms with Crippen LogP contribution >= 0.6 is 0 Å². The van der Waals surface area contributed by atoms with Crippen LogP contribution in [0.1, 0.15) is 53.9 Å². The minimum Gasteiger partial charge on any atom is -0.465 e. The van der Waals surface area contributed by atoms with Gasteiger partial charge in [-0.1, -0.05) is 13.8 Å². The van der Waals surface area contributed by atoms with E-state index in [1.54, 1.807) is 0 Å². The Hall–Kier alpha value is -1.57. The normalized spacial score (nSPS) is 25.4. The Morgan fingerprint density at radius 2 is 1.95 bits per heavy atom. The molecule has 1 fully saturated rings. The average Bonchev–Trinajstić information content (AvgIpc) is 2.44. The van der Waals surface area contributed by atoms with Crippen molar-refractivity contribution in [2.45, 2.75) is 60.0 Å². The molecule has 5 heteroatoms. The van der Waals surface area contributed by atoms with Gasteiger partial charge in [0.25, 0.3) is 0 Å². The third-order valence-corrected chi connectivity index (χ3v) is 4.86. The largest absolute Gasteiger partial charge is 0.465 e. The quantitative estimate of drug-likeness (QED) is 0.729. The van der Waals surface area contributed by atoms with Crippen LogP contribution in [-0.2, 0) is 19.1 Å². The van der Waals surface area contributed by atoms with Crippen LogP contribution in [0.4, 0.5) is 0 Å². The summed E-state index contributed by atoms with van der Waals surface area (Å²) in [6, 6.07) is 2.26. The number of esters is 2. The molecule has 5 nitrogen and oxygen atoms in total. The number of rotatable bonds is 5. The highest BCUT2D eigenvalue weighted by Gasteiger charge is 2.38. The van der Waals surface area contributed by atoms with Gasteiger partial charge in [0.05, 0.1) is 24.0 Å². The van der Waals surface area contributed by atoms with Crippen LogP contribution in [0.5, 0.6) is 0 Å². The van der Waals surface area contributed by atoms with Crippen LogP contribution in [0.15, 0.2) is 0 Å². The number of nitrogens with zero attached hydrogens (tertiary/aromatic N) is 1. The standard InChI is InChI=1S/C17H27NO4/c1-11(2)17(4,5)16(20)21-10-14-13(9-18)7-6-8-15(14)22-12(3)19/h11,13-15H,6-8,10H2,1-5H3. The lowest BCUT2D eigenvalue weighted by atomic mass is 9.78. The smallest absolute Gasteiger partial charge is 0.311 e. The molecular weight excluding hydrogens is 282 g/mol. The summed E-state index contributed by atoms with van der Waals surface area (Å²) in [4.78, 5) is 23.5. The van der Waals surface area contributed by atoms with Crippen molar-refractivity contribution in [3.8, 4) is 6.07 Å². The summed E-state index contributed by atoms with van der Waals surface area (Å²) in [7, 11) is 0. The summed E-state index contributed by atoms with van der Waals surface area (Å²) in [5, 5.41) is 9.30. The maximum Gasteiger partial charge on any atom is 0.311 e. The number of carbonyl (C=O) groups is 2. The fourth-order valence-electron chi connectivity index (χ4n) is 2.56. The van der Waals surface area contributed by atoms with Gasteiger partial charge in [0, 0.05) is 12.8 Å². The van der Waals surface area contributed by atoms with Gasteiger partial charge >= 0.3 is 11.9 Å². The van der Waals surface area contributed by atoms with Crippen LogP contribution in [0, 0.1) is 34.5 Å². The molecular formula is C17H27NO4. The highest BCUT2D eigenvalue weighted by molar-refractivity contribution is 5.76. The van der Waals surface area contributed by atoms with Gasteiger partial charge in [0.2, 0.25) is 0 Å². The average molecular weight is 309 g/mol. The van der Waals surface area contributed by atoms with E-state index in [-0.39, 0.29) is 42.4 Å². The predicted octanol–water partition coefficient (Wildman–Crippen LogP) is 3.08. The molecule has 3 unspecified atom stereocenters. The van der Waals surface area contributed by atoms with Crippen molar-refractivity contribution in [3.63, 3.8) is 0 Å².